The minimum absolute atomic E-state index is 0.0643. The summed E-state index contributed by atoms with van der Waals surface area (Å²) in [6.45, 7) is 6.47. The molecule has 0 spiro atoms. The molecule has 3 aromatic carbocycles. The fourth-order valence-electron chi connectivity index (χ4n) is 3.38. The highest BCUT2D eigenvalue weighted by atomic mass is 16.5. The molecular formula is C30H30O5. The van der Waals surface area contributed by atoms with Gasteiger partial charge in [0.2, 0.25) is 0 Å². The highest BCUT2D eigenvalue weighted by Gasteiger charge is 2.14. The Kier molecular flexibility index (Phi) is 8.26. The van der Waals surface area contributed by atoms with E-state index < -0.39 is 5.97 Å². The maximum absolute atomic E-state index is 12.8. The standard InChI is InChI=1S/C30H30O5/c1-30(2,3)23-15-10-21(11-16-23)12-17-25(31)24-8-6-7-9-26(24)35-29(32)19-14-22-13-18-27(33-4)28(20-22)34-5/h6-20H,1-5H3/b17-12+,19-14+. The smallest absolute Gasteiger partial charge is 0.336 e. The van der Waals surface area contributed by atoms with Crippen molar-refractivity contribution in [3.05, 3.63) is 101 Å². The molecule has 0 N–H and O–H groups in total. The number of carbonyl (C=O) groups excluding carboxylic acids is 2. The number of allylic oxidation sites excluding steroid dienone is 1. The molecule has 0 aromatic heterocycles. The van der Waals surface area contributed by atoms with Crippen molar-refractivity contribution < 1.29 is 23.8 Å². The van der Waals surface area contributed by atoms with Crippen LogP contribution < -0.4 is 14.2 Å². The summed E-state index contributed by atoms with van der Waals surface area (Å²) in [4.78, 5) is 25.3. The molecule has 0 aliphatic rings. The van der Waals surface area contributed by atoms with E-state index >= 15 is 0 Å². The van der Waals surface area contributed by atoms with Gasteiger partial charge in [0.1, 0.15) is 5.75 Å². The second-order valence-electron chi connectivity index (χ2n) is 8.93. The summed E-state index contributed by atoms with van der Waals surface area (Å²) in [5.74, 6) is 0.503. The van der Waals surface area contributed by atoms with Crippen LogP contribution in [0.25, 0.3) is 12.2 Å². The minimum Gasteiger partial charge on any atom is -0.493 e. The Morgan fingerprint density at radius 1 is 0.714 bits per heavy atom. The number of methoxy groups -OCH3 is 2. The molecular weight excluding hydrogens is 440 g/mol. The topological polar surface area (TPSA) is 61.8 Å². The van der Waals surface area contributed by atoms with Gasteiger partial charge in [0.15, 0.2) is 17.3 Å². The SMILES string of the molecule is COc1ccc(/C=C/C(=O)Oc2ccccc2C(=O)/C=C/c2ccc(C(C)(C)C)cc2)cc1OC. The normalized spacial score (nSPS) is 11.6. The van der Waals surface area contributed by atoms with E-state index in [0.717, 1.165) is 11.1 Å². The van der Waals surface area contributed by atoms with Gasteiger partial charge in [-0.25, -0.2) is 4.79 Å². The molecule has 5 heteroatoms. The molecule has 3 rings (SSSR count). The van der Waals surface area contributed by atoms with Crippen LogP contribution in [0.4, 0.5) is 0 Å². The number of benzene rings is 3. The van der Waals surface area contributed by atoms with Crippen LogP contribution >= 0.6 is 0 Å². The van der Waals surface area contributed by atoms with Gasteiger partial charge in [0, 0.05) is 6.08 Å². The molecule has 0 amide bonds. The lowest BCUT2D eigenvalue weighted by Gasteiger charge is -2.18. The largest absolute Gasteiger partial charge is 0.493 e. The van der Waals surface area contributed by atoms with Crippen molar-refractivity contribution >= 4 is 23.9 Å². The molecule has 0 radical (unpaired) electrons. The predicted octanol–water partition coefficient (Wildman–Crippen LogP) is 6.52. The number of para-hydroxylation sites is 1. The zero-order valence-electron chi connectivity index (χ0n) is 20.7. The van der Waals surface area contributed by atoms with Gasteiger partial charge in [-0.15, -0.1) is 0 Å². The Morgan fingerprint density at radius 2 is 1.34 bits per heavy atom. The van der Waals surface area contributed by atoms with Crippen LogP contribution in [0.15, 0.2) is 78.9 Å². The fraction of sp³-hybridized carbons (Fsp3) is 0.200. The lowest BCUT2D eigenvalue weighted by atomic mass is 9.87. The molecule has 0 unspecified atom stereocenters. The summed E-state index contributed by atoms with van der Waals surface area (Å²) in [7, 11) is 3.10. The van der Waals surface area contributed by atoms with Crippen LogP contribution in [0.2, 0.25) is 0 Å². The van der Waals surface area contributed by atoms with Crippen LogP contribution in [0, 0.1) is 0 Å². The Morgan fingerprint density at radius 3 is 2.00 bits per heavy atom. The summed E-state index contributed by atoms with van der Waals surface area (Å²) >= 11 is 0. The van der Waals surface area contributed by atoms with E-state index in [1.54, 1.807) is 68.8 Å². The average molecular weight is 471 g/mol. The first-order valence-electron chi connectivity index (χ1n) is 11.2. The number of hydrogen-bond acceptors (Lipinski definition) is 5. The molecule has 35 heavy (non-hydrogen) atoms. The number of hydrogen-bond donors (Lipinski definition) is 0. The Labute approximate surface area is 206 Å². The second kappa shape index (κ2) is 11.3. The van der Waals surface area contributed by atoms with Gasteiger partial charge in [0.25, 0.3) is 0 Å². The predicted molar refractivity (Wildman–Crippen MR) is 139 cm³/mol. The second-order valence-corrected chi connectivity index (χ2v) is 8.93. The van der Waals surface area contributed by atoms with Crippen molar-refractivity contribution in [3.8, 4) is 17.2 Å². The van der Waals surface area contributed by atoms with Crippen molar-refractivity contribution in [2.75, 3.05) is 14.2 Å². The van der Waals surface area contributed by atoms with Crippen molar-refractivity contribution in [1.82, 2.24) is 0 Å². The maximum Gasteiger partial charge on any atom is 0.336 e. The summed E-state index contributed by atoms with van der Waals surface area (Å²) < 4.78 is 16.0. The summed E-state index contributed by atoms with van der Waals surface area (Å²) in [5.41, 5.74) is 3.25. The van der Waals surface area contributed by atoms with Gasteiger partial charge in [-0.1, -0.05) is 69.3 Å². The maximum atomic E-state index is 12.8. The molecule has 0 atom stereocenters. The third-order valence-electron chi connectivity index (χ3n) is 5.39. The van der Waals surface area contributed by atoms with E-state index in [1.165, 1.54) is 17.7 Å². The van der Waals surface area contributed by atoms with Gasteiger partial charge >= 0.3 is 5.97 Å². The van der Waals surface area contributed by atoms with Gasteiger partial charge in [-0.05, 0) is 58.5 Å². The molecule has 5 nitrogen and oxygen atoms in total. The van der Waals surface area contributed by atoms with E-state index in [-0.39, 0.29) is 16.9 Å². The fourth-order valence-corrected chi connectivity index (χ4v) is 3.38. The first-order valence-corrected chi connectivity index (χ1v) is 11.2. The van der Waals surface area contributed by atoms with Crippen LogP contribution in [-0.4, -0.2) is 26.0 Å². The highest BCUT2D eigenvalue weighted by molar-refractivity contribution is 6.09. The van der Waals surface area contributed by atoms with E-state index in [0.29, 0.717) is 17.1 Å². The highest BCUT2D eigenvalue weighted by Crippen LogP contribution is 2.28. The molecule has 3 aromatic rings. The molecule has 0 fully saturated rings. The summed E-state index contributed by atoms with van der Waals surface area (Å²) in [6, 6.07) is 20.1. The number of rotatable bonds is 8. The molecule has 0 saturated carbocycles. The number of ether oxygens (including phenoxy) is 3. The van der Waals surface area contributed by atoms with E-state index in [2.05, 4.69) is 32.9 Å². The Balaban J connectivity index is 1.70. The first kappa shape index (κ1) is 25.5. The van der Waals surface area contributed by atoms with E-state index in [4.69, 9.17) is 14.2 Å². The quantitative estimate of drug-likeness (QED) is 0.162. The Bertz CT molecular complexity index is 1240. The molecule has 0 aliphatic heterocycles. The molecule has 0 heterocycles. The van der Waals surface area contributed by atoms with Crippen molar-refractivity contribution in [2.45, 2.75) is 26.2 Å². The van der Waals surface area contributed by atoms with Crippen LogP contribution in [0.3, 0.4) is 0 Å². The van der Waals surface area contributed by atoms with E-state index in [1.807, 2.05) is 12.1 Å². The first-order chi connectivity index (χ1) is 16.7. The van der Waals surface area contributed by atoms with Crippen LogP contribution in [0.5, 0.6) is 17.2 Å². The number of carbonyl (C=O) groups is 2. The molecule has 0 aliphatic carbocycles. The van der Waals surface area contributed by atoms with E-state index in [9.17, 15) is 9.59 Å². The average Bonchev–Trinajstić information content (AvgIpc) is 2.85. The Hall–Kier alpha value is -4.12. The minimum atomic E-state index is -0.596. The lowest BCUT2D eigenvalue weighted by molar-refractivity contribution is -0.128. The molecule has 0 saturated heterocycles. The summed E-state index contributed by atoms with van der Waals surface area (Å²) in [5, 5.41) is 0. The number of esters is 1. The zero-order valence-corrected chi connectivity index (χ0v) is 20.7. The monoisotopic (exact) mass is 470 g/mol. The summed E-state index contributed by atoms with van der Waals surface area (Å²) in [6.07, 6.45) is 6.15. The molecule has 0 bridgehead atoms. The van der Waals surface area contributed by atoms with Crippen molar-refractivity contribution in [3.63, 3.8) is 0 Å². The van der Waals surface area contributed by atoms with Crippen molar-refractivity contribution in [1.29, 1.82) is 0 Å². The van der Waals surface area contributed by atoms with Crippen LogP contribution in [-0.2, 0) is 10.2 Å². The third kappa shape index (κ3) is 6.93. The molecule has 180 valence electrons. The number of ketones is 1. The van der Waals surface area contributed by atoms with Crippen molar-refractivity contribution in [2.24, 2.45) is 0 Å². The van der Waals surface area contributed by atoms with Gasteiger partial charge < -0.3 is 14.2 Å². The van der Waals surface area contributed by atoms with Gasteiger partial charge in [-0.3, -0.25) is 4.79 Å². The van der Waals surface area contributed by atoms with Gasteiger partial charge in [-0.2, -0.15) is 0 Å². The third-order valence-corrected chi connectivity index (χ3v) is 5.39. The van der Waals surface area contributed by atoms with Gasteiger partial charge in [0.05, 0.1) is 19.8 Å². The van der Waals surface area contributed by atoms with Crippen LogP contribution in [0.1, 0.15) is 47.8 Å². The zero-order chi connectivity index (χ0) is 25.4. The lowest BCUT2D eigenvalue weighted by Crippen LogP contribution is -2.10.